The zero-order valence-corrected chi connectivity index (χ0v) is 23.6. The number of furan rings is 1. The molecule has 0 bridgehead atoms. The monoisotopic (exact) mass is 684 g/mol. The normalized spacial score (nSPS) is 11.5. The van der Waals surface area contributed by atoms with E-state index in [0.29, 0.717) is 11.5 Å². The largest absolute Gasteiger partial charge is 0.510 e. The molecule has 188 valence electrons. The van der Waals surface area contributed by atoms with Gasteiger partial charge < -0.3 is 13.7 Å². The number of imidazole rings is 1. The molecule has 7 heteroatoms. The number of rotatable bonds is 5. The van der Waals surface area contributed by atoms with Crippen LogP contribution in [0.15, 0.2) is 94.8 Å². The van der Waals surface area contributed by atoms with E-state index in [9.17, 15) is 0 Å². The van der Waals surface area contributed by atoms with E-state index in [1.54, 1.807) is 0 Å². The summed E-state index contributed by atoms with van der Waals surface area (Å²) in [6.45, 7) is 6.60. The third-order valence-electron chi connectivity index (χ3n) is 5.87. The molecule has 0 radical (unpaired) electrons. The molecule has 0 aliphatic rings. The number of nitrogens with zero attached hydrogens (tertiary/aromatic N) is 3. The van der Waals surface area contributed by atoms with E-state index in [2.05, 4.69) is 56.3 Å². The Morgan fingerprint density at radius 1 is 0.973 bits per heavy atom. The van der Waals surface area contributed by atoms with Gasteiger partial charge in [-0.3, -0.25) is 3.97 Å². The summed E-state index contributed by atoms with van der Waals surface area (Å²) in [5.74, 6) is 1.15. The van der Waals surface area contributed by atoms with Crippen molar-refractivity contribution in [2.75, 3.05) is 0 Å². The van der Waals surface area contributed by atoms with Crippen LogP contribution in [-0.4, -0.2) is 9.55 Å². The van der Waals surface area contributed by atoms with Crippen LogP contribution in [0, 0.1) is 18.5 Å². The van der Waals surface area contributed by atoms with Gasteiger partial charge in [-0.1, -0.05) is 56.1 Å². The number of aromatic nitrogens is 3. The summed E-state index contributed by atoms with van der Waals surface area (Å²) in [5, 5.41) is 3.00. The van der Waals surface area contributed by atoms with Crippen LogP contribution in [0.25, 0.3) is 27.6 Å². The van der Waals surface area contributed by atoms with Gasteiger partial charge in [0, 0.05) is 56.7 Å². The molecular weight excluding hydrogens is 661 g/mol. The van der Waals surface area contributed by atoms with Crippen LogP contribution in [0.5, 0.6) is 11.5 Å². The average Bonchev–Trinajstić information content (AvgIpc) is 3.48. The standard InChI is InChI=1S/C30H23N3O2S.Pt/c1-30(2,3)21-13-14-31-29(17-21)36-33-16-15-32(20-33)22-7-6-8-23(18-22)34-24-11-12-26-25-9-4-5-10-27(25)35-28(26)19-24;/h4-10,12-17,19H,1-3H3;/q-2;. The van der Waals surface area contributed by atoms with Gasteiger partial charge in [0.2, 0.25) is 0 Å². The van der Waals surface area contributed by atoms with Gasteiger partial charge in [-0.05, 0) is 34.6 Å². The first-order valence-electron chi connectivity index (χ1n) is 11.6. The number of hydrogen-bond donors (Lipinski definition) is 0. The van der Waals surface area contributed by atoms with Gasteiger partial charge in [-0.25, -0.2) is 4.98 Å². The van der Waals surface area contributed by atoms with Gasteiger partial charge in [0.05, 0.1) is 0 Å². The molecular formula is C30H23N3O2PtS-2. The summed E-state index contributed by atoms with van der Waals surface area (Å²) in [6.07, 6.45) is 9.05. The van der Waals surface area contributed by atoms with Crippen molar-refractivity contribution in [1.82, 2.24) is 9.55 Å². The molecule has 0 atom stereocenters. The zero-order valence-electron chi connectivity index (χ0n) is 20.5. The molecule has 0 spiro atoms. The van der Waals surface area contributed by atoms with Crippen LogP contribution in [0.3, 0.4) is 0 Å². The second-order valence-electron chi connectivity index (χ2n) is 9.49. The molecule has 3 aromatic heterocycles. The SMILES string of the molecule is CC(C)(C)c1ccnc(S[n+]2[c-]n(-c3[c-]c(Oc4[c-]cc5c(c4)oc4ccccc45)ccc3)cc2)c1.[Pt]. The van der Waals surface area contributed by atoms with E-state index in [4.69, 9.17) is 9.15 Å². The van der Waals surface area contributed by atoms with E-state index in [-0.39, 0.29) is 26.5 Å². The Kier molecular flexibility index (Phi) is 6.98. The maximum Gasteiger partial charge on any atom is 0.254 e. The minimum Gasteiger partial charge on any atom is -0.510 e. The van der Waals surface area contributed by atoms with Crippen molar-refractivity contribution in [2.45, 2.75) is 31.2 Å². The Hall–Kier alpha value is -3.34. The maximum absolute atomic E-state index is 6.07. The fourth-order valence-electron chi connectivity index (χ4n) is 3.97. The van der Waals surface area contributed by atoms with E-state index in [0.717, 1.165) is 32.7 Å². The Morgan fingerprint density at radius 2 is 1.84 bits per heavy atom. The quantitative estimate of drug-likeness (QED) is 0.144. The van der Waals surface area contributed by atoms with E-state index in [1.807, 2.05) is 81.7 Å². The molecule has 5 nitrogen and oxygen atoms in total. The minimum absolute atomic E-state index is 0. The molecule has 0 saturated heterocycles. The predicted molar refractivity (Wildman–Crippen MR) is 140 cm³/mol. The molecule has 0 aliphatic carbocycles. The number of benzene rings is 3. The van der Waals surface area contributed by atoms with Crippen LogP contribution in [0.4, 0.5) is 0 Å². The average molecular weight is 685 g/mol. The Balaban J connectivity index is 0.00000280. The Morgan fingerprint density at radius 3 is 2.70 bits per heavy atom. The number of fused-ring (bicyclic) bond motifs is 3. The minimum atomic E-state index is 0. The van der Waals surface area contributed by atoms with Crippen LogP contribution in [-0.2, 0) is 26.5 Å². The van der Waals surface area contributed by atoms with Crippen LogP contribution < -0.4 is 8.71 Å². The molecule has 0 saturated carbocycles. The first-order chi connectivity index (χ1) is 17.4. The topological polar surface area (TPSA) is 44.1 Å². The molecule has 0 N–H and O–H groups in total. The molecule has 6 rings (SSSR count). The smallest absolute Gasteiger partial charge is 0.254 e. The molecule has 6 aromatic rings. The zero-order chi connectivity index (χ0) is 24.7. The van der Waals surface area contributed by atoms with Crippen molar-refractivity contribution in [2.24, 2.45) is 0 Å². The molecule has 0 aliphatic heterocycles. The summed E-state index contributed by atoms with van der Waals surface area (Å²) in [4.78, 5) is 4.50. The van der Waals surface area contributed by atoms with E-state index >= 15 is 0 Å². The van der Waals surface area contributed by atoms with Crippen molar-refractivity contribution in [3.63, 3.8) is 0 Å². The third kappa shape index (κ3) is 5.36. The predicted octanol–water partition coefficient (Wildman–Crippen LogP) is 7.10. The van der Waals surface area contributed by atoms with Crippen molar-refractivity contribution >= 4 is 33.9 Å². The van der Waals surface area contributed by atoms with Crippen LogP contribution in [0.1, 0.15) is 26.3 Å². The molecule has 37 heavy (non-hydrogen) atoms. The van der Waals surface area contributed by atoms with Gasteiger partial charge in [-0.2, -0.15) is 18.2 Å². The van der Waals surface area contributed by atoms with Gasteiger partial charge >= 0.3 is 0 Å². The Bertz CT molecular complexity index is 1700. The Labute approximate surface area is 234 Å². The van der Waals surface area contributed by atoms with Crippen LogP contribution in [0.2, 0.25) is 0 Å². The van der Waals surface area contributed by atoms with Crippen LogP contribution >= 0.6 is 11.9 Å². The van der Waals surface area contributed by atoms with Crippen molar-refractivity contribution in [3.8, 4) is 17.2 Å². The third-order valence-corrected chi connectivity index (χ3v) is 6.68. The van der Waals surface area contributed by atoms with Crippen molar-refractivity contribution < 1.29 is 34.2 Å². The maximum atomic E-state index is 6.07. The first kappa shape index (κ1) is 25.3. The molecule has 3 heterocycles. The molecule has 3 aromatic carbocycles. The summed E-state index contributed by atoms with van der Waals surface area (Å²) >= 11 is 1.51. The van der Waals surface area contributed by atoms with E-state index in [1.165, 1.54) is 17.5 Å². The van der Waals surface area contributed by atoms with Gasteiger partial charge in [0.15, 0.2) is 0 Å². The molecule has 0 unspecified atom stereocenters. The number of hydrogen-bond acceptors (Lipinski definition) is 4. The van der Waals surface area contributed by atoms with Gasteiger partial charge in [0.25, 0.3) is 6.33 Å². The molecule has 0 fully saturated rings. The first-order valence-corrected chi connectivity index (χ1v) is 12.4. The fourth-order valence-corrected chi connectivity index (χ4v) is 4.70. The van der Waals surface area contributed by atoms with E-state index < -0.39 is 0 Å². The summed E-state index contributed by atoms with van der Waals surface area (Å²) in [5.41, 5.74) is 3.74. The van der Waals surface area contributed by atoms with Gasteiger partial charge in [0.1, 0.15) is 22.6 Å². The second kappa shape index (κ2) is 10.2. The number of pyridine rings is 1. The second-order valence-corrected chi connectivity index (χ2v) is 10.5. The van der Waals surface area contributed by atoms with Crippen molar-refractivity contribution in [3.05, 3.63) is 109 Å². The number of para-hydroxylation sites is 1. The summed E-state index contributed by atoms with van der Waals surface area (Å²) in [7, 11) is 0. The van der Waals surface area contributed by atoms with Gasteiger partial charge in [-0.15, -0.1) is 18.2 Å². The number of ether oxygens (including phenoxy) is 1. The fraction of sp³-hybridized carbons (Fsp3) is 0.133. The van der Waals surface area contributed by atoms with Crippen molar-refractivity contribution in [1.29, 1.82) is 0 Å². The summed E-state index contributed by atoms with van der Waals surface area (Å²) in [6, 6.07) is 28.2. The summed E-state index contributed by atoms with van der Waals surface area (Å²) < 4.78 is 15.8. The molecule has 0 amide bonds.